The predicted molar refractivity (Wildman–Crippen MR) is 58.8 cm³/mol. The lowest BCUT2D eigenvalue weighted by Crippen LogP contribution is -2.05. The Labute approximate surface area is 97.1 Å². The average Bonchev–Trinajstić information content (AvgIpc) is 2.38. The standard InChI is InChI=1S/C12H9FN2O2/c1-17-12(16)10-5-6-14-11(15-10)8-3-2-4-9(13)7-8/h2-7H,1H3. The van der Waals surface area contributed by atoms with Crippen molar-refractivity contribution in [2.45, 2.75) is 0 Å². The highest BCUT2D eigenvalue weighted by Gasteiger charge is 2.09. The number of halogens is 1. The highest BCUT2D eigenvalue weighted by atomic mass is 19.1. The molecule has 0 aliphatic rings. The molecule has 0 aliphatic carbocycles. The number of rotatable bonds is 2. The molecule has 2 rings (SSSR count). The fourth-order valence-electron chi connectivity index (χ4n) is 1.34. The minimum atomic E-state index is -0.551. The van der Waals surface area contributed by atoms with E-state index in [2.05, 4.69) is 14.7 Å². The molecule has 86 valence electrons. The molecule has 0 saturated heterocycles. The SMILES string of the molecule is COC(=O)c1ccnc(-c2cccc(F)c2)n1. The van der Waals surface area contributed by atoms with E-state index >= 15 is 0 Å². The molecular formula is C12H9FN2O2. The molecule has 4 nitrogen and oxygen atoms in total. The second-order valence-electron chi connectivity index (χ2n) is 3.27. The van der Waals surface area contributed by atoms with E-state index in [0.29, 0.717) is 5.56 Å². The quantitative estimate of drug-likeness (QED) is 0.744. The third-order valence-corrected chi connectivity index (χ3v) is 2.13. The molecule has 0 saturated carbocycles. The van der Waals surface area contributed by atoms with Crippen LogP contribution in [0.2, 0.25) is 0 Å². The van der Waals surface area contributed by atoms with Crippen molar-refractivity contribution in [1.82, 2.24) is 9.97 Å². The second kappa shape index (κ2) is 4.69. The summed E-state index contributed by atoms with van der Waals surface area (Å²) in [7, 11) is 1.27. The van der Waals surface area contributed by atoms with Gasteiger partial charge in [-0.3, -0.25) is 0 Å². The van der Waals surface area contributed by atoms with Gasteiger partial charge in [-0.15, -0.1) is 0 Å². The fourth-order valence-corrected chi connectivity index (χ4v) is 1.34. The van der Waals surface area contributed by atoms with Crippen molar-refractivity contribution in [3.63, 3.8) is 0 Å². The van der Waals surface area contributed by atoms with Gasteiger partial charge in [-0.25, -0.2) is 19.2 Å². The first-order valence-electron chi connectivity index (χ1n) is 4.88. The molecule has 0 spiro atoms. The van der Waals surface area contributed by atoms with Crippen LogP contribution in [0.25, 0.3) is 11.4 Å². The number of carbonyl (C=O) groups excluding carboxylic acids is 1. The van der Waals surface area contributed by atoms with Crippen molar-refractivity contribution in [2.75, 3.05) is 7.11 Å². The monoisotopic (exact) mass is 232 g/mol. The van der Waals surface area contributed by atoms with Gasteiger partial charge in [-0.2, -0.15) is 0 Å². The summed E-state index contributed by atoms with van der Waals surface area (Å²) >= 11 is 0. The molecule has 1 aromatic heterocycles. The zero-order chi connectivity index (χ0) is 12.3. The number of ether oxygens (including phenoxy) is 1. The van der Waals surface area contributed by atoms with Crippen molar-refractivity contribution < 1.29 is 13.9 Å². The molecule has 0 bridgehead atoms. The van der Waals surface area contributed by atoms with Gasteiger partial charge in [0.05, 0.1) is 7.11 Å². The maximum Gasteiger partial charge on any atom is 0.356 e. The Morgan fingerprint density at radius 2 is 2.18 bits per heavy atom. The van der Waals surface area contributed by atoms with Crippen molar-refractivity contribution in [3.05, 3.63) is 48.0 Å². The normalized spacial score (nSPS) is 10.0. The van der Waals surface area contributed by atoms with E-state index in [1.165, 1.54) is 31.5 Å². The van der Waals surface area contributed by atoms with Gasteiger partial charge in [0, 0.05) is 11.8 Å². The van der Waals surface area contributed by atoms with E-state index in [0.717, 1.165) is 0 Å². The van der Waals surface area contributed by atoms with Gasteiger partial charge in [0.1, 0.15) is 5.82 Å². The van der Waals surface area contributed by atoms with Crippen molar-refractivity contribution >= 4 is 5.97 Å². The summed E-state index contributed by atoms with van der Waals surface area (Å²) in [4.78, 5) is 19.3. The highest BCUT2D eigenvalue weighted by molar-refractivity contribution is 5.87. The number of carbonyl (C=O) groups is 1. The first kappa shape index (κ1) is 11.2. The molecule has 1 aromatic carbocycles. The molecule has 1 heterocycles. The molecule has 0 atom stereocenters. The number of methoxy groups -OCH3 is 1. The first-order chi connectivity index (χ1) is 8.20. The molecule has 0 aliphatic heterocycles. The van der Waals surface area contributed by atoms with E-state index < -0.39 is 5.97 Å². The summed E-state index contributed by atoms with van der Waals surface area (Å²) in [6.07, 6.45) is 1.43. The van der Waals surface area contributed by atoms with Gasteiger partial charge in [0.2, 0.25) is 0 Å². The number of hydrogen-bond acceptors (Lipinski definition) is 4. The number of nitrogens with zero attached hydrogens (tertiary/aromatic N) is 2. The lowest BCUT2D eigenvalue weighted by Gasteiger charge is -2.02. The van der Waals surface area contributed by atoms with Gasteiger partial charge in [0.25, 0.3) is 0 Å². The Balaban J connectivity index is 2.43. The molecular weight excluding hydrogens is 223 g/mol. The van der Waals surface area contributed by atoms with Crippen LogP contribution in [0.5, 0.6) is 0 Å². The number of hydrogen-bond donors (Lipinski definition) is 0. The fraction of sp³-hybridized carbons (Fsp3) is 0.0833. The summed E-state index contributed by atoms with van der Waals surface area (Å²) < 4.78 is 17.6. The largest absolute Gasteiger partial charge is 0.464 e. The molecule has 0 N–H and O–H groups in total. The molecule has 17 heavy (non-hydrogen) atoms. The van der Waals surface area contributed by atoms with Gasteiger partial charge in [-0.1, -0.05) is 12.1 Å². The van der Waals surface area contributed by atoms with Gasteiger partial charge >= 0.3 is 5.97 Å². The van der Waals surface area contributed by atoms with Crippen molar-refractivity contribution in [3.8, 4) is 11.4 Å². The van der Waals surface area contributed by atoms with E-state index in [-0.39, 0.29) is 17.3 Å². The van der Waals surface area contributed by atoms with E-state index in [4.69, 9.17) is 0 Å². The molecule has 5 heteroatoms. The molecule has 0 fully saturated rings. The van der Waals surface area contributed by atoms with Gasteiger partial charge in [0.15, 0.2) is 11.5 Å². The smallest absolute Gasteiger partial charge is 0.356 e. The molecule has 0 amide bonds. The Kier molecular flexibility index (Phi) is 3.09. The summed E-state index contributed by atoms with van der Waals surface area (Å²) in [5.41, 5.74) is 0.650. The van der Waals surface area contributed by atoms with Crippen LogP contribution in [-0.4, -0.2) is 23.0 Å². The minimum Gasteiger partial charge on any atom is -0.464 e. The highest BCUT2D eigenvalue weighted by Crippen LogP contribution is 2.15. The Hall–Kier alpha value is -2.30. The molecule has 0 unspecified atom stereocenters. The van der Waals surface area contributed by atoms with Crippen molar-refractivity contribution in [1.29, 1.82) is 0 Å². The Morgan fingerprint density at radius 3 is 2.88 bits per heavy atom. The van der Waals surface area contributed by atoms with Crippen LogP contribution < -0.4 is 0 Å². The third kappa shape index (κ3) is 2.44. The number of aromatic nitrogens is 2. The Morgan fingerprint density at radius 1 is 1.35 bits per heavy atom. The van der Waals surface area contributed by atoms with Gasteiger partial charge < -0.3 is 4.74 Å². The predicted octanol–water partition coefficient (Wildman–Crippen LogP) is 2.07. The average molecular weight is 232 g/mol. The zero-order valence-corrected chi connectivity index (χ0v) is 9.05. The summed E-state index contributed by atoms with van der Waals surface area (Å²) in [5, 5.41) is 0. The lowest BCUT2D eigenvalue weighted by atomic mass is 10.2. The van der Waals surface area contributed by atoms with Crippen LogP contribution in [0.4, 0.5) is 4.39 Å². The number of benzene rings is 1. The van der Waals surface area contributed by atoms with E-state index in [9.17, 15) is 9.18 Å². The summed E-state index contributed by atoms with van der Waals surface area (Å²) in [6, 6.07) is 7.29. The lowest BCUT2D eigenvalue weighted by molar-refractivity contribution is 0.0594. The Bertz CT molecular complexity index is 558. The number of esters is 1. The summed E-state index contributed by atoms with van der Waals surface area (Å²) in [6.45, 7) is 0. The van der Waals surface area contributed by atoms with Crippen LogP contribution in [0.15, 0.2) is 36.5 Å². The van der Waals surface area contributed by atoms with Crippen LogP contribution in [0.1, 0.15) is 10.5 Å². The van der Waals surface area contributed by atoms with Gasteiger partial charge in [-0.05, 0) is 18.2 Å². The summed E-state index contributed by atoms with van der Waals surface area (Å²) in [5.74, 6) is -0.646. The third-order valence-electron chi connectivity index (χ3n) is 2.13. The van der Waals surface area contributed by atoms with E-state index in [1.807, 2.05) is 0 Å². The zero-order valence-electron chi connectivity index (χ0n) is 9.05. The minimum absolute atomic E-state index is 0.141. The topological polar surface area (TPSA) is 52.1 Å². The van der Waals surface area contributed by atoms with Crippen LogP contribution in [0.3, 0.4) is 0 Å². The maximum absolute atomic E-state index is 13.0. The van der Waals surface area contributed by atoms with Crippen LogP contribution in [-0.2, 0) is 4.74 Å². The maximum atomic E-state index is 13.0. The first-order valence-corrected chi connectivity index (χ1v) is 4.88. The molecule has 2 aromatic rings. The van der Waals surface area contributed by atoms with Crippen LogP contribution >= 0.6 is 0 Å². The molecule has 0 radical (unpaired) electrons. The second-order valence-corrected chi connectivity index (χ2v) is 3.27. The van der Waals surface area contributed by atoms with Crippen LogP contribution in [0, 0.1) is 5.82 Å². The van der Waals surface area contributed by atoms with Crippen molar-refractivity contribution in [2.24, 2.45) is 0 Å². The van der Waals surface area contributed by atoms with E-state index in [1.54, 1.807) is 12.1 Å².